The molecule has 6 rings (SSSR count). The number of piperazine rings is 1. The molecule has 3 amide bonds. The Hall–Kier alpha value is -4.66. The minimum atomic E-state index is -1.08. The number of hydrogen-bond donors (Lipinski definition) is 2. The monoisotopic (exact) mass is 738 g/mol. The highest BCUT2D eigenvalue weighted by molar-refractivity contribution is 6.34. The number of nitrogens with one attached hydrogen (secondary N) is 2. The molecule has 0 bridgehead atoms. The minimum absolute atomic E-state index is 0.0298. The molecule has 2 N–H and O–H groups in total. The van der Waals surface area contributed by atoms with Crippen molar-refractivity contribution in [2.75, 3.05) is 58.3 Å². The number of anilines is 1. The molecule has 0 saturated carbocycles. The maximum atomic E-state index is 15.5. The summed E-state index contributed by atoms with van der Waals surface area (Å²) in [7, 11) is 3.10. The van der Waals surface area contributed by atoms with Gasteiger partial charge in [-0.15, -0.1) is 0 Å². The summed E-state index contributed by atoms with van der Waals surface area (Å²) in [6.07, 6.45) is 4.60. The number of piperidine rings is 1. The lowest BCUT2D eigenvalue weighted by molar-refractivity contribution is -0.137. The Bertz CT molecular complexity index is 1920. The number of imidazole rings is 1. The van der Waals surface area contributed by atoms with Crippen LogP contribution in [0.1, 0.15) is 53.4 Å². The van der Waals surface area contributed by atoms with Gasteiger partial charge in [-0.2, -0.15) is 5.10 Å². The fourth-order valence-corrected chi connectivity index (χ4v) is 6.75. The lowest BCUT2D eigenvalue weighted by atomic mass is 9.96. The number of aryl methyl sites for hydroxylation is 1. The second kappa shape index (κ2) is 17.2. The summed E-state index contributed by atoms with van der Waals surface area (Å²) in [5.74, 6) is -2.86. The van der Waals surface area contributed by atoms with Crippen LogP contribution in [-0.4, -0.2) is 99.8 Å². The summed E-state index contributed by atoms with van der Waals surface area (Å²) in [5.41, 5.74) is 1.80. The Labute approximate surface area is 307 Å². The highest BCUT2D eigenvalue weighted by Crippen LogP contribution is 2.33. The molecule has 4 aromatic rings. The van der Waals surface area contributed by atoms with Crippen molar-refractivity contribution in [3.05, 3.63) is 76.5 Å². The van der Waals surface area contributed by atoms with Crippen LogP contribution in [0.2, 0.25) is 5.02 Å². The fourth-order valence-electron chi connectivity index (χ4n) is 6.49. The molecule has 0 spiro atoms. The van der Waals surface area contributed by atoms with Crippen molar-refractivity contribution < 1.29 is 27.9 Å². The van der Waals surface area contributed by atoms with Crippen molar-refractivity contribution in [1.29, 1.82) is 0 Å². The summed E-state index contributed by atoms with van der Waals surface area (Å²) in [6.45, 7) is 10.0. The number of halogens is 3. The van der Waals surface area contributed by atoms with Crippen molar-refractivity contribution in [2.24, 2.45) is 13.0 Å². The zero-order valence-electron chi connectivity index (χ0n) is 30.1. The lowest BCUT2D eigenvalue weighted by Gasteiger charge is -2.37. The van der Waals surface area contributed by atoms with E-state index in [-0.39, 0.29) is 51.0 Å². The first-order chi connectivity index (χ1) is 25.1. The van der Waals surface area contributed by atoms with Gasteiger partial charge in [0.15, 0.2) is 17.5 Å². The molecular formula is C37H45ClF2N8O4. The average Bonchev–Trinajstić information content (AvgIpc) is 3.73. The predicted octanol–water partition coefficient (Wildman–Crippen LogP) is 5.40. The topological polar surface area (TPSA) is 127 Å². The number of methoxy groups -OCH3 is 1. The number of ether oxygens (including phenoxy) is 1. The molecule has 0 atom stereocenters. The standard InChI is InChI=1S/C35H39ClF2N8O4.C2H6/c1-21-27(20-46(42-21)16-17-50-3)24-6-7-26(31(38)30(24)37)29-19-40-32(43(29)2)33(47)41-23-4-5-25(28(36)18-23)35(49)45-14-12-44(13-15-45)34(48)22-8-10-39-11-9-22;1-2/h4-7,18-20,22,39H,8-17H2,1-3H3,(H,41,47);1-2H3. The van der Waals surface area contributed by atoms with Crippen LogP contribution in [0.25, 0.3) is 22.4 Å². The number of benzene rings is 2. The van der Waals surface area contributed by atoms with E-state index in [1.54, 1.807) is 41.9 Å². The van der Waals surface area contributed by atoms with Gasteiger partial charge in [0.25, 0.3) is 11.8 Å². The Morgan fingerprint density at radius 2 is 1.63 bits per heavy atom. The summed E-state index contributed by atoms with van der Waals surface area (Å²) in [4.78, 5) is 47.1. The minimum Gasteiger partial charge on any atom is -0.383 e. The molecule has 0 aliphatic carbocycles. The number of carbonyl (C=O) groups is 3. The van der Waals surface area contributed by atoms with Crippen LogP contribution in [0.15, 0.2) is 42.7 Å². The second-order valence-corrected chi connectivity index (χ2v) is 12.9. The lowest BCUT2D eigenvalue weighted by Crippen LogP contribution is -2.52. The second-order valence-electron chi connectivity index (χ2n) is 12.5. The Morgan fingerprint density at radius 1 is 0.981 bits per heavy atom. The third-order valence-electron chi connectivity index (χ3n) is 9.33. The maximum Gasteiger partial charge on any atom is 0.291 e. The highest BCUT2D eigenvalue weighted by Gasteiger charge is 2.31. The van der Waals surface area contributed by atoms with E-state index in [1.807, 2.05) is 18.7 Å². The van der Waals surface area contributed by atoms with E-state index in [0.717, 1.165) is 25.9 Å². The predicted molar refractivity (Wildman–Crippen MR) is 195 cm³/mol. The quantitative estimate of drug-likeness (QED) is 0.236. The van der Waals surface area contributed by atoms with E-state index >= 15 is 8.78 Å². The van der Waals surface area contributed by atoms with Gasteiger partial charge in [-0.3, -0.25) is 19.1 Å². The van der Waals surface area contributed by atoms with Crippen molar-refractivity contribution in [3.63, 3.8) is 0 Å². The molecule has 0 unspecified atom stereocenters. The SMILES string of the molecule is CC.COCCn1cc(-c2ccc(-c3cnc(C(=O)Nc4ccc(C(=O)N5CCN(C(=O)C6CCNCC6)CC5)c(Cl)c4)n3C)c(F)c2F)c(C)n1. The van der Waals surface area contributed by atoms with E-state index in [0.29, 0.717) is 56.3 Å². The van der Waals surface area contributed by atoms with Crippen LogP contribution in [-0.2, 0) is 23.1 Å². The number of aromatic nitrogens is 4. The molecular weight excluding hydrogens is 694 g/mol. The maximum absolute atomic E-state index is 15.5. The smallest absolute Gasteiger partial charge is 0.291 e. The summed E-state index contributed by atoms with van der Waals surface area (Å²) in [5, 5.41) is 10.5. The first-order valence-electron chi connectivity index (χ1n) is 17.5. The average molecular weight is 739 g/mol. The summed E-state index contributed by atoms with van der Waals surface area (Å²) in [6, 6.07) is 7.50. The molecule has 15 heteroatoms. The molecule has 278 valence electrons. The number of carbonyl (C=O) groups excluding carboxylic acids is 3. The number of hydrogen-bond acceptors (Lipinski definition) is 7. The first-order valence-corrected chi connectivity index (χ1v) is 17.9. The van der Waals surface area contributed by atoms with Gasteiger partial charge >= 0.3 is 0 Å². The summed E-state index contributed by atoms with van der Waals surface area (Å²) >= 11 is 6.51. The molecule has 2 aromatic heterocycles. The molecule has 52 heavy (non-hydrogen) atoms. The van der Waals surface area contributed by atoms with Gasteiger partial charge in [0.05, 0.1) is 41.3 Å². The largest absolute Gasteiger partial charge is 0.383 e. The number of rotatable bonds is 9. The van der Waals surface area contributed by atoms with Gasteiger partial charge in [0, 0.05) is 74.8 Å². The zero-order chi connectivity index (χ0) is 37.5. The molecule has 2 fully saturated rings. The number of nitrogens with zero attached hydrogens (tertiary/aromatic N) is 6. The van der Waals surface area contributed by atoms with Crippen LogP contribution in [0.4, 0.5) is 14.5 Å². The van der Waals surface area contributed by atoms with Crippen LogP contribution in [0, 0.1) is 24.5 Å². The van der Waals surface area contributed by atoms with Crippen LogP contribution < -0.4 is 10.6 Å². The van der Waals surface area contributed by atoms with E-state index in [2.05, 4.69) is 20.7 Å². The van der Waals surface area contributed by atoms with Gasteiger partial charge in [0.1, 0.15) is 0 Å². The Kier molecular flexibility index (Phi) is 12.8. The van der Waals surface area contributed by atoms with Crippen molar-refractivity contribution in [3.8, 4) is 22.4 Å². The molecule has 2 aromatic carbocycles. The summed E-state index contributed by atoms with van der Waals surface area (Å²) < 4.78 is 39.0. The van der Waals surface area contributed by atoms with Gasteiger partial charge in [-0.1, -0.05) is 31.5 Å². The van der Waals surface area contributed by atoms with E-state index < -0.39 is 17.5 Å². The van der Waals surface area contributed by atoms with Gasteiger partial charge in [-0.25, -0.2) is 13.8 Å². The van der Waals surface area contributed by atoms with E-state index in [9.17, 15) is 14.4 Å². The zero-order valence-corrected chi connectivity index (χ0v) is 30.9. The molecule has 4 heterocycles. The number of amides is 3. The Morgan fingerprint density at radius 3 is 2.31 bits per heavy atom. The molecule has 2 saturated heterocycles. The van der Waals surface area contributed by atoms with Gasteiger partial charge < -0.3 is 29.7 Å². The van der Waals surface area contributed by atoms with Crippen molar-refractivity contribution in [1.82, 2.24) is 34.4 Å². The normalized spacial score (nSPS) is 14.9. The third kappa shape index (κ3) is 8.19. The van der Waals surface area contributed by atoms with Crippen LogP contribution in [0.3, 0.4) is 0 Å². The van der Waals surface area contributed by atoms with Crippen molar-refractivity contribution in [2.45, 2.75) is 40.2 Å². The first kappa shape index (κ1) is 38.6. The van der Waals surface area contributed by atoms with Crippen LogP contribution in [0.5, 0.6) is 0 Å². The van der Waals surface area contributed by atoms with Gasteiger partial charge in [-0.05, 0) is 57.1 Å². The molecule has 2 aliphatic rings. The molecule has 12 nitrogen and oxygen atoms in total. The van der Waals surface area contributed by atoms with E-state index in [1.165, 1.54) is 36.0 Å². The third-order valence-corrected chi connectivity index (χ3v) is 9.65. The highest BCUT2D eigenvalue weighted by atomic mass is 35.5. The fraction of sp³-hybridized carbons (Fsp3) is 0.432. The van der Waals surface area contributed by atoms with Crippen LogP contribution >= 0.6 is 11.6 Å². The van der Waals surface area contributed by atoms with Gasteiger partial charge in [0.2, 0.25) is 5.91 Å². The van der Waals surface area contributed by atoms with E-state index in [4.69, 9.17) is 16.3 Å². The molecule has 0 radical (unpaired) electrons. The Balaban J connectivity index is 0.00000257. The molecule has 2 aliphatic heterocycles. The van der Waals surface area contributed by atoms with Crippen molar-refractivity contribution >= 4 is 35.0 Å².